The Morgan fingerprint density at radius 3 is 2.34 bits per heavy atom. The molecule has 3 heterocycles. The number of β-amino-alcohol motifs (C(OH)–C–C–N with tert-alkyl or cyclic N) is 1. The van der Waals surface area contributed by atoms with Gasteiger partial charge in [0, 0.05) is 33.0 Å². The molecule has 1 unspecified atom stereocenters. The summed E-state index contributed by atoms with van der Waals surface area (Å²) in [4.78, 5) is 58.9. The van der Waals surface area contributed by atoms with Crippen molar-refractivity contribution in [3.05, 3.63) is 99.8 Å². The van der Waals surface area contributed by atoms with E-state index in [4.69, 9.17) is 16.3 Å². The lowest BCUT2D eigenvalue weighted by Gasteiger charge is -2.35. The van der Waals surface area contributed by atoms with E-state index in [1.165, 1.54) is 6.20 Å². The fourth-order valence-electron chi connectivity index (χ4n) is 9.01. The standard InChI is InChI=1S/C55H74ClN9O7S2/c1-34(2)74(70,71)47-19-16-15-18-43(47)61-51-42(56)31-58-54(63-51)62-44-28-35(3)40(29-46(44)72-10)25-27-64(9)48(67)20-14-12-11-13-17-26-57-50(55(6,7)8)53(69)65-32-41(66)30-45(65)52(68)60-36(4)38-21-23-39(24-22-38)49-37(5)59-33-73-49/h15-16,18-19,21-24,28-29,31,33-34,36,41,45,50,57,66H,11-14,17,20,25-27,30,32H2,1-10H3,(H,60,68)(H2,58,61,62,63)/t36-,41+,45?,50+/m0/s1. The SMILES string of the molecule is COc1cc(CCN(C)C(=O)CCCCCCCN[C@H](C(=O)N2C[C@H](O)CC2C(=O)N[C@@H](C)c2ccc(-c3scnc3C)cc2)C(C)(C)C)c(C)cc1Nc1ncc(Cl)c(Nc2ccccc2S(=O)(=O)C(C)C)n1. The highest BCUT2D eigenvalue weighted by Crippen LogP contribution is 2.35. The molecule has 19 heteroatoms. The molecule has 6 rings (SSSR count). The average molecular weight is 1070 g/mol. The van der Waals surface area contributed by atoms with Crippen molar-refractivity contribution in [3.63, 3.8) is 0 Å². The van der Waals surface area contributed by atoms with Gasteiger partial charge in [0.25, 0.3) is 0 Å². The van der Waals surface area contributed by atoms with E-state index < -0.39 is 38.7 Å². The number of anilines is 4. The smallest absolute Gasteiger partial charge is 0.243 e. The summed E-state index contributed by atoms with van der Waals surface area (Å²) in [5.41, 5.74) is 7.36. The number of aromatic nitrogens is 3. The van der Waals surface area contributed by atoms with E-state index in [2.05, 4.69) is 36.2 Å². The quantitative estimate of drug-likeness (QED) is 0.0365. The zero-order valence-electron chi connectivity index (χ0n) is 44.4. The highest BCUT2D eigenvalue weighted by atomic mass is 35.5. The number of aliphatic hydroxyl groups is 1. The number of hydrogen-bond donors (Lipinski definition) is 5. The van der Waals surface area contributed by atoms with Crippen molar-refractivity contribution in [2.45, 2.75) is 141 Å². The Kier molecular flexibility index (Phi) is 20.0. The first-order valence-corrected chi connectivity index (χ1v) is 28.2. The number of benzene rings is 3. The van der Waals surface area contributed by atoms with Gasteiger partial charge in [0.1, 0.15) is 16.8 Å². The number of methoxy groups -OCH3 is 1. The molecule has 74 heavy (non-hydrogen) atoms. The van der Waals surface area contributed by atoms with Gasteiger partial charge >= 0.3 is 0 Å². The fourth-order valence-corrected chi connectivity index (χ4v) is 11.2. The van der Waals surface area contributed by atoms with Crippen molar-refractivity contribution in [2.75, 3.05) is 44.4 Å². The highest BCUT2D eigenvalue weighted by Gasteiger charge is 2.44. The van der Waals surface area contributed by atoms with Gasteiger partial charge in [0.2, 0.25) is 23.7 Å². The van der Waals surface area contributed by atoms with Gasteiger partial charge in [-0.25, -0.2) is 18.4 Å². The summed E-state index contributed by atoms with van der Waals surface area (Å²) in [5, 5.41) is 23.2. The molecule has 4 atom stereocenters. The van der Waals surface area contributed by atoms with Crippen LogP contribution in [0.15, 0.2) is 77.3 Å². The van der Waals surface area contributed by atoms with Gasteiger partial charge in [-0.3, -0.25) is 14.4 Å². The number of sulfone groups is 1. The van der Waals surface area contributed by atoms with Crippen molar-refractivity contribution in [1.29, 1.82) is 0 Å². The van der Waals surface area contributed by atoms with E-state index in [0.29, 0.717) is 43.1 Å². The highest BCUT2D eigenvalue weighted by molar-refractivity contribution is 7.92. The van der Waals surface area contributed by atoms with Crippen LogP contribution in [0.5, 0.6) is 5.75 Å². The van der Waals surface area contributed by atoms with Crippen LogP contribution in [0.3, 0.4) is 0 Å². The third-order valence-electron chi connectivity index (χ3n) is 13.5. The molecule has 1 aliphatic rings. The molecule has 400 valence electrons. The molecule has 16 nitrogen and oxygen atoms in total. The number of aryl methyl sites for hydroxylation is 2. The molecule has 5 N–H and O–H groups in total. The zero-order chi connectivity index (χ0) is 53.9. The molecule has 2 aromatic heterocycles. The van der Waals surface area contributed by atoms with Gasteiger partial charge in [-0.15, -0.1) is 11.3 Å². The van der Waals surface area contributed by atoms with Crippen LogP contribution in [0, 0.1) is 19.3 Å². The first-order chi connectivity index (χ1) is 35.1. The van der Waals surface area contributed by atoms with Gasteiger partial charge in [0.05, 0.1) is 69.1 Å². The summed E-state index contributed by atoms with van der Waals surface area (Å²) in [6, 6.07) is 16.9. The second kappa shape index (κ2) is 25.7. The molecule has 5 aromatic rings. The number of para-hydroxylation sites is 1. The Hall–Kier alpha value is -5.66. The van der Waals surface area contributed by atoms with Gasteiger partial charge in [0.15, 0.2) is 15.7 Å². The molecule has 1 fully saturated rings. The maximum atomic E-state index is 14.2. The van der Waals surface area contributed by atoms with Gasteiger partial charge < -0.3 is 40.9 Å². The predicted molar refractivity (Wildman–Crippen MR) is 295 cm³/mol. The normalized spacial score (nSPS) is 15.7. The number of aliphatic hydroxyl groups excluding tert-OH is 1. The number of nitrogens with one attached hydrogen (secondary N) is 4. The van der Waals surface area contributed by atoms with Crippen molar-refractivity contribution in [2.24, 2.45) is 5.41 Å². The van der Waals surface area contributed by atoms with E-state index in [9.17, 15) is 27.9 Å². The third kappa shape index (κ3) is 14.8. The monoisotopic (exact) mass is 1070 g/mol. The lowest BCUT2D eigenvalue weighted by molar-refractivity contribution is -0.142. The zero-order valence-corrected chi connectivity index (χ0v) is 46.8. The average Bonchev–Trinajstić information content (AvgIpc) is 3.98. The Balaban J connectivity index is 0.920. The molecule has 1 saturated heterocycles. The number of hydrogen-bond acceptors (Lipinski definition) is 14. The fraction of sp³-hybridized carbons (Fsp3) is 0.491. The Morgan fingerprint density at radius 1 is 0.959 bits per heavy atom. The van der Waals surface area contributed by atoms with Gasteiger partial charge in [-0.1, -0.05) is 88.0 Å². The van der Waals surface area contributed by atoms with Crippen LogP contribution < -0.4 is 26.0 Å². The Bertz CT molecular complexity index is 2840. The maximum Gasteiger partial charge on any atom is 0.243 e. The van der Waals surface area contributed by atoms with E-state index in [1.54, 1.807) is 66.4 Å². The van der Waals surface area contributed by atoms with E-state index in [1.807, 2.05) is 90.5 Å². The van der Waals surface area contributed by atoms with Crippen molar-refractivity contribution in [1.82, 2.24) is 35.4 Å². The van der Waals surface area contributed by atoms with Crippen LogP contribution in [0.2, 0.25) is 5.02 Å². The molecule has 3 aromatic carbocycles. The number of carbonyl (C=O) groups excluding carboxylic acids is 3. The summed E-state index contributed by atoms with van der Waals surface area (Å²) in [5.74, 6) is 0.628. The molecule has 0 aliphatic carbocycles. The number of thiazole rings is 1. The third-order valence-corrected chi connectivity index (χ3v) is 17.0. The number of nitrogens with zero attached hydrogens (tertiary/aromatic N) is 5. The Morgan fingerprint density at radius 2 is 1.66 bits per heavy atom. The minimum Gasteiger partial charge on any atom is -0.495 e. The van der Waals surface area contributed by atoms with E-state index in [0.717, 1.165) is 64.9 Å². The van der Waals surface area contributed by atoms with Crippen LogP contribution in [0.1, 0.15) is 115 Å². The number of rotatable bonds is 24. The lowest BCUT2D eigenvalue weighted by atomic mass is 9.85. The molecular formula is C55H74ClN9O7S2. The number of halogens is 1. The number of likely N-dealkylation sites (N-methyl/N-ethyl adjacent to an activating group) is 1. The second-order valence-corrected chi connectivity index (χ2v) is 24.3. The summed E-state index contributed by atoms with van der Waals surface area (Å²) in [7, 11) is -0.188. The molecule has 1 aliphatic heterocycles. The number of amides is 3. The van der Waals surface area contributed by atoms with E-state index in [-0.39, 0.29) is 58.4 Å². The molecule has 3 amide bonds. The number of ether oxygens (including phenoxy) is 1. The molecule has 0 saturated carbocycles. The lowest BCUT2D eigenvalue weighted by Crippen LogP contribution is -2.56. The molecule has 0 radical (unpaired) electrons. The molecule has 0 spiro atoms. The first kappa shape index (κ1) is 57.6. The summed E-state index contributed by atoms with van der Waals surface area (Å²) in [6.45, 7) is 16.4. The number of likely N-dealkylation sites (tertiary alicyclic amines) is 1. The maximum absolute atomic E-state index is 14.2. The topological polar surface area (TPSA) is 208 Å². The number of unbranched alkanes of at least 4 members (excludes halogenated alkanes) is 4. The Labute approximate surface area is 446 Å². The van der Waals surface area contributed by atoms with Crippen molar-refractivity contribution < 1.29 is 32.6 Å². The van der Waals surface area contributed by atoms with Crippen LogP contribution in [0.25, 0.3) is 10.4 Å². The first-order valence-electron chi connectivity index (χ1n) is 25.4. The molecule has 0 bridgehead atoms. The van der Waals surface area contributed by atoms with Crippen LogP contribution >= 0.6 is 22.9 Å². The van der Waals surface area contributed by atoms with Crippen LogP contribution in [0.4, 0.5) is 23.1 Å². The predicted octanol–water partition coefficient (Wildman–Crippen LogP) is 9.73. The van der Waals surface area contributed by atoms with Gasteiger partial charge in [-0.05, 0) is 112 Å². The second-order valence-electron chi connectivity index (χ2n) is 20.6. The van der Waals surface area contributed by atoms with Crippen molar-refractivity contribution >= 4 is 73.6 Å². The van der Waals surface area contributed by atoms with E-state index >= 15 is 0 Å². The minimum atomic E-state index is -3.59. The largest absolute Gasteiger partial charge is 0.495 e. The number of carbonyl (C=O) groups is 3. The summed E-state index contributed by atoms with van der Waals surface area (Å²) in [6.07, 6.45) is 6.33. The van der Waals surface area contributed by atoms with Gasteiger partial charge in [-0.2, -0.15) is 4.98 Å². The minimum absolute atomic E-state index is 0.0832. The van der Waals surface area contributed by atoms with Crippen LogP contribution in [-0.4, -0.2) is 113 Å². The summed E-state index contributed by atoms with van der Waals surface area (Å²) < 4.78 is 31.9. The van der Waals surface area contributed by atoms with Crippen molar-refractivity contribution in [3.8, 4) is 16.2 Å². The summed E-state index contributed by atoms with van der Waals surface area (Å²) >= 11 is 8.06. The molecular weight excluding hydrogens is 998 g/mol. The van der Waals surface area contributed by atoms with Crippen LogP contribution in [-0.2, 0) is 30.6 Å².